The van der Waals surface area contributed by atoms with Gasteiger partial charge in [-0.2, -0.15) is 15.0 Å². The van der Waals surface area contributed by atoms with Crippen molar-refractivity contribution < 1.29 is 0 Å². The van der Waals surface area contributed by atoms with Crippen LogP contribution in [0.15, 0.2) is 35.6 Å². The van der Waals surface area contributed by atoms with Crippen molar-refractivity contribution in [3.8, 4) is 0 Å². The van der Waals surface area contributed by atoms with E-state index in [4.69, 9.17) is 0 Å². The molecule has 0 fully saturated rings. The van der Waals surface area contributed by atoms with Gasteiger partial charge in [0.05, 0.1) is 0 Å². The molecule has 4 nitrogen and oxygen atoms in total. The van der Waals surface area contributed by atoms with E-state index < -0.39 is 0 Å². The van der Waals surface area contributed by atoms with E-state index in [0.29, 0.717) is 29.4 Å². The molecule has 0 aliphatic heterocycles. The van der Waals surface area contributed by atoms with E-state index in [1.165, 1.54) is 0 Å². The molecule has 1 aromatic heterocycles. The first-order chi connectivity index (χ1) is 7.17. The Bertz CT molecular complexity index is 342. The predicted octanol–water partition coefficient (Wildman–Crippen LogP) is 0.979. The average Bonchev–Trinajstić information content (AvgIpc) is 2.16. The van der Waals surface area contributed by atoms with Crippen LogP contribution in [-0.2, 0) is 0 Å². The molecule has 0 saturated heterocycles. The van der Waals surface area contributed by atoms with Gasteiger partial charge in [0.2, 0.25) is 5.95 Å². The maximum atomic E-state index is 4.10. The quantitative estimate of drug-likeness (QED) is 0.463. The molecule has 0 saturated carbocycles. The summed E-state index contributed by atoms with van der Waals surface area (Å²) < 4.78 is 0. The van der Waals surface area contributed by atoms with Gasteiger partial charge in [-0.15, -0.1) is 38.4 Å². The van der Waals surface area contributed by atoms with E-state index in [0.717, 1.165) is 0 Å². The van der Waals surface area contributed by atoms with Crippen LogP contribution in [0, 0.1) is 0 Å². The van der Waals surface area contributed by atoms with Crippen molar-refractivity contribution in [1.82, 2.24) is 15.0 Å². The Hall–Kier alpha value is -0.413. The normalized spacial score (nSPS) is 9.12. The summed E-state index contributed by atoms with van der Waals surface area (Å²) in [6.45, 7) is 8.61. The number of rotatable bonds is 5. The fourth-order valence-corrected chi connectivity index (χ4v) is 1.48. The van der Waals surface area contributed by atoms with Crippen molar-refractivity contribution in [1.29, 1.82) is 0 Å². The maximum absolute atomic E-state index is 4.10. The Morgan fingerprint density at radius 3 is 1.81 bits per heavy atom. The molecule has 0 radical (unpaired) electrons. The van der Waals surface area contributed by atoms with Gasteiger partial charge in [0, 0.05) is 13.1 Å². The zero-order chi connectivity index (χ0) is 11.3. The molecule has 1 heterocycles. The molecule has 82 valence electrons. The summed E-state index contributed by atoms with van der Waals surface area (Å²) in [5.41, 5.74) is 0. The summed E-state index contributed by atoms with van der Waals surface area (Å²) in [5.74, 6) is 0.528. The third-order valence-corrected chi connectivity index (χ3v) is 1.98. The number of aromatic nitrogens is 3. The molecule has 0 unspecified atom stereocenters. The van der Waals surface area contributed by atoms with Gasteiger partial charge in [-0.3, -0.25) is 0 Å². The fraction of sp³-hybridized carbons (Fsp3) is 0.222. The first kappa shape index (κ1) is 15.6. The molecule has 0 aliphatic carbocycles. The van der Waals surface area contributed by atoms with Gasteiger partial charge in [0.1, 0.15) is 0 Å². The van der Waals surface area contributed by atoms with Crippen molar-refractivity contribution in [2.24, 2.45) is 0 Å². The minimum absolute atomic E-state index is 0. The molecular formula is C9H13LiN4S2. The van der Waals surface area contributed by atoms with E-state index in [1.807, 2.05) is 4.90 Å². The molecule has 0 aromatic carbocycles. The first-order valence-corrected chi connectivity index (χ1v) is 5.17. The van der Waals surface area contributed by atoms with Gasteiger partial charge in [-0.25, -0.2) is 0 Å². The third-order valence-electron chi connectivity index (χ3n) is 1.58. The summed E-state index contributed by atoms with van der Waals surface area (Å²) in [7, 11) is 0. The Labute approximate surface area is 118 Å². The van der Waals surface area contributed by atoms with E-state index in [1.54, 1.807) is 12.2 Å². The van der Waals surface area contributed by atoms with Gasteiger partial charge >= 0.3 is 18.9 Å². The number of hydrogen-bond acceptors (Lipinski definition) is 6. The molecule has 0 atom stereocenters. The van der Waals surface area contributed by atoms with E-state index in [2.05, 4.69) is 53.4 Å². The van der Waals surface area contributed by atoms with Crippen LogP contribution in [0.5, 0.6) is 0 Å². The van der Waals surface area contributed by atoms with Gasteiger partial charge in [0.15, 0.2) is 10.3 Å². The molecule has 16 heavy (non-hydrogen) atoms. The first-order valence-electron chi connectivity index (χ1n) is 4.28. The van der Waals surface area contributed by atoms with E-state index in [-0.39, 0.29) is 18.9 Å². The molecule has 0 bridgehead atoms. The van der Waals surface area contributed by atoms with Crippen LogP contribution in [-0.4, -0.2) is 46.9 Å². The molecule has 7 heteroatoms. The summed E-state index contributed by atoms with van der Waals surface area (Å²) >= 11 is 8.13. The summed E-state index contributed by atoms with van der Waals surface area (Å²) in [6.07, 6.45) is 3.54. The second kappa shape index (κ2) is 7.79. The Morgan fingerprint density at radius 2 is 1.44 bits per heavy atom. The second-order valence-corrected chi connectivity index (χ2v) is 3.52. The Morgan fingerprint density at radius 1 is 1.00 bits per heavy atom. The zero-order valence-corrected chi connectivity index (χ0v) is 9.96. The minimum atomic E-state index is 0. The average molecular weight is 248 g/mol. The van der Waals surface area contributed by atoms with Crippen molar-refractivity contribution in [3.63, 3.8) is 0 Å². The zero-order valence-electron chi connectivity index (χ0n) is 8.17. The molecular weight excluding hydrogens is 235 g/mol. The van der Waals surface area contributed by atoms with E-state index in [9.17, 15) is 0 Å². The van der Waals surface area contributed by atoms with Crippen molar-refractivity contribution in [2.75, 3.05) is 18.0 Å². The number of hydrogen-bond donors (Lipinski definition) is 2. The Balaban J connectivity index is 0.00000225. The van der Waals surface area contributed by atoms with Crippen LogP contribution in [0.2, 0.25) is 0 Å². The third kappa shape index (κ3) is 4.62. The van der Waals surface area contributed by atoms with Gasteiger partial charge in [0.25, 0.3) is 0 Å². The van der Waals surface area contributed by atoms with Crippen LogP contribution in [0.1, 0.15) is 0 Å². The Kier molecular flexibility index (Phi) is 7.59. The molecule has 0 N–H and O–H groups in total. The van der Waals surface area contributed by atoms with Crippen LogP contribution in [0.25, 0.3) is 0 Å². The standard InChI is InChI=1S/C9H12N4S2.Li.H/c1-3-5-13(6-4-2)7-10-8(14)12-9(15)11-7;;/h3-4H,1-2,5-6H2,(H2,10,11,12,14,15);;. The predicted molar refractivity (Wildman–Crippen MR) is 74.1 cm³/mol. The molecule has 1 rings (SSSR count). The molecule has 1 aromatic rings. The number of thiol groups is 2. The summed E-state index contributed by atoms with van der Waals surface area (Å²) in [4.78, 5) is 13.9. The van der Waals surface area contributed by atoms with Crippen LogP contribution in [0.4, 0.5) is 5.95 Å². The van der Waals surface area contributed by atoms with Crippen molar-refractivity contribution in [3.05, 3.63) is 25.3 Å². The van der Waals surface area contributed by atoms with Crippen LogP contribution >= 0.6 is 25.3 Å². The van der Waals surface area contributed by atoms with Crippen molar-refractivity contribution >= 4 is 50.1 Å². The number of nitrogens with zero attached hydrogens (tertiary/aromatic N) is 4. The van der Waals surface area contributed by atoms with Gasteiger partial charge in [-0.05, 0) is 0 Å². The molecule has 0 aliphatic rings. The molecule has 0 amide bonds. The summed E-state index contributed by atoms with van der Waals surface area (Å²) in [5, 5.41) is 0.700. The molecule has 0 spiro atoms. The van der Waals surface area contributed by atoms with Gasteiger partial charge < -0.3 is 4.90 Å². The number of anilines is 1. The van der Waals surface area contributed by atoms with Crippen LogP contribution in [0.3, 0.4) is 0 Å². The topological polar surface area (TPSA) is 41.9 Å². The second-order valence-electron chi connectivity index (χ2n) is 2.72. The monoisotopic (exact) mass is 248 g/mol. The summed E-state index contributed by atoms with van der Waals surface area (Å²) in [6, 6.07) is 0. The fourth-order valence-electron chi connectivity index (χ4n) is 1.03. The SMILES string of the molecule is C=CCN(CC=C)c1nc(S)nc(S)n1.[LiH]. The van der Waals surface area contributed by atoms with E-state index >= 15 is 0 Å². The van der Waals surface area contributed by atoms with Crippen molar-refractivity contribution in [2.45, 2.75) is 10.3 Å². The van der Waals surface area contributed by atoms with Crippen LogP contribution < -0.4 is 4.90 Å². The van der Waals surface area contributed by atoms with Gasteiger partial charge in [-0.1, -0.05) is 12.2 Å².